The Morgan fingerprint density at radius 1 is 1.44 bits per heavy atom. The normalized spacial score (nSPS) is 10.9. The van der Waals surface area contributed by atoms with Gasteiger partial charge in [-0.1, -0.05) is 0 Å². The van der Waals surface area contributed by atoms with Crippen LogP contribution < -0.4 is 5.32 Å². The molecule has 0 radical (unpaired) electrons. The van der Waals surface area contributed by atoms with E-state index in [4.69, 9.17) is 0 Å². The predicted octanol–water partition coefficient (Wildman–Crippen LogP) is 1.42. The Hall–Kier alpha value is -1.36. The van der Waals surface area contributed by atoms with Crippen molar-refractivity contribution >= 4 is 5.91 Å². The number of rotatable bonds is 7. The zero-order valence-electron chi connectivity index (χ0n) is 11.8. The predicted molar refractivity (Wildman–Crippen MR) is 72.2 cm³/mol. The fourth-order valence-corrected chi connectivity index (χ4v) is 1.92. The van der Waals surface area contributed by atoms with E-state index in [0.29, 0.717) is 19.1 Å². The SMILES string of the molecule is CCN(CC)C(=O)CNCc1cncn1C(C)C. The summed E-state index contributed by atoms with van der Waals surface area (Å²) in [6.07, 6.45) is 3.67. The zero-order chi connectivity index (χ0) is 13.5. The van der Waals surface area contributed by atoms with Gasteiger partial charge >= 0.3 is 0 Å². The van der Waals surface area contributed by atoms with Gasteiger partial charge in [0.2, 0.25) is 5.91 Å². The topological polar surface area (TPSA) is 50.2 Å². The molecule has 1 aromatic rings. The van der Waals surface area contributed by atoms with Crippen molar-refractivity contribution in [3.05, 3.63) is 18.2 Å². The van der Waals surface area contributed by atoms with Crippen LogP contribution in [0, 0.1) is 0 Å². The summed E-state index contributed by atoms with van der Waals surface area (Å²) in [6, 6.07) is 0.391. The Balaban J connectivity index is 2.42. The van der Waals surface area contributed by atoms with Gasteiger partial charge in [-0.2, -0.15) is 0 Å². The fourth-order valence-electron chi connectivity index (χ4n) is 1.92. The molecule has 102 valence electrons. The van der Waals surface area contributed by atoms with Crippen molar-refractivity contribution in [3.63, 3.8) is 0 Å². The van der Waals surface area contributed by atoms with E-state index in [1.54, 1.807) is 0 Å². The first-order valence-electron chi connectivity index (χ1n) is 6.59. The minimum Gasteiger partial charge on any atom is -0.342 e. The molecule has 0 atom stereocenters. The molecule has 18 heavy (non-hydrogen) atoms. The largest absolute Gasteiger partial charge is 0.342 e. The highest BCUT2D eigenvalue weighted by Gasteiger charge is 2.09. The number of nitrogens with zero attached hydrogens (tertiary/aromatic N) is 3. The molecule has 0 aliphatic heterocycles. The molecular weight excluding hydrogens is 228 g/mol. The van der Waals surface area contributed by atoms with Gasteiger partial charge in [-0.3, -0.25) is 4.79 Å². The molecular formula is C13H24N4O. The minimum atomic E-state index is 0.149. The van der Waals surface area contributed by atoms with Crippen LogP contribution in [0.4, 0.5) is 0 Å². The third kappa shape index (κ3) is 3.84. The van der Waals surface area contributed by atoms with E-state index in [2.05, 4.69) is 28.7 Å². The molecule has 1 aromatic heterocycles. The van der Waals surface area contributed by atoms with Gasteiger partial charge in [-0.05, 0) is 27.7 Å². The third-order valence-electron chi connectivity index (χ3n) is 3.00. The first-order chi connectivity index (χ1) is 8.60. The lowest BCUT2D eigenvalue weighted by atomic mass is 10.3. The van der Waals surface area contributed by atoms with Gasteiger partial charge in [0.05, 0.1) is 18.6 Å². The van der Waals surface area contributed by atoms with Crippen LogP contribution in [-0.4, -0.2) is 40.0 Å². The van der Waals surface area contributed by atoms with Gasteiger partial charge in [-0.25, -0.2) is 4.98 Å². The van der Waals surface area contributed by atoms with Crippen molar-refractivity contribution in [3.8, 4) is 0 Å². The first kappa shape index (κ1) is 14.7. The molecule has 0 spiro atoms. The van der Waals surface area contributed by atoms with E-state index < -0.39 is 0 Å². The van der Waals surface area contributed by atoms with Crippen molar-refractivity contribution in [2.75, 3.05) is 19.6 Å². The molecule has 1 heterocycles. The Morgan fingerprint density at radius 3 is 2.67 bits per heavy atom. The number of likely N-dealkylation sites (N-methyl/N-ethyl adjacent to an activating group) is 1. The second-order valence-corrected chi connectivity index (χ2v) is 4.56. The van der Waals surface area contributed by atoms with Crippen LogP contribution >= 0.6 is 0 Å². The van der Waals surface area contributed by atoms with E-state index in [9.17, 15) is 4.79 Å². The van der Waals surface area contributed by atoms with Gasteiger partial charge in [0, 0.05) is 31.9 Å². The molecule has 0 aromatic carbocycles. The standard InChI is InChI=1S/C13H24N4O/c1-5-16(6-2)13(18)9-14-7-12-8-15-10-17(12)11(3)4/h8,10-11,14H,5-7,9H2,1-4H3. The first-order valence-corrected chi connectivity index (χ1v) is 6.59. The molecule has 0 saturated carbocycles. The minimum absolute atomic E-state index is 0.149. The average Bonchev–Trinajstić information content (AvgIpc) is 2.79. The smallest absolute Gasteiger partial charge is 0.236 e. The van der Waals surface area contributed by atoms with E-state index in [1.807, 2.05) is 31.3 Å². The van der Waals surface area contributed by atoms with Crippen LogP contribution in [0.15, 0.2) is 12.5 Å². The number of carbonyl (C=O) groups is 1. The van der Waals surface area contributed by atoms with Crippen molar-refractivity contribution in [1.82, 2.24) is 19.8 Å². The van der Waals surface area contributed by atoms with Gasteiger partial charge in [0.15, 0.2) is 0 Å². The number of hydrogen-bond acceptors (Lipinski definition) is 3. The Labute approximate surface area is 109 Å². The molecule has 0 aliphatic rings. The van der Waals surface area contributed by atoms with Gasteiger partial charge < -0.3 is 14.8 Å². The summed E-state index contributed by atoms with van der Waals surface area (Å²) >= 11 is 0. The van der Waals surface area contributed by atoms with E-state index >= 15 is 0 Å². The molecule has 0 fully saturated rings. The van der Waals surface area contributed by atoms with Crippen LogP contribution in [0.1, 0.15) is 39.4 Å². The van der Waals surface area contributed by atoms with Crippen molar-refractivity contribution in [2.24, 2.45) is 0 Å². The van der Waals surface area contributed by atoms with Crippen molar-refractivity contribution < 1.29 is 4.79 Å². The number of carbonyl (C=O) groups excluding carboxylic acids is 1. The summed E-state index contributed by atoms with van der Waals surface area (Å²) in [4.78, 5) is 17.8. The van der Waals surface area contributed by atoms with Crippen LogP contribution in [0.5, 0.6) is 0 Å². The number of hydrogen-bond donors (Lipinski definition) is 1. The lowest BCUT2D eigenvalue weighted by Gasteiger charge is -2.19. The lowest BCUT2D eigenvalue weighted by molar-refractivity contribution is -0.129. The fraction of sp³-hybridized carbons (Fsp3) is 0.692. The maximum atomic E-state index is 11.8. The highest BCUT2D eigenvalue weighted by Crippen LogP contribution is 2.08. The quantitative estimate of drug-likeness (QED) is 0.798. The number of nitrogens with one attached hydrogen (secondary N) is 1. The van der Waals surface area contributed by atoms with Crippen molar-refractivity contribution in [1.29, 1.82) is 0 Å². The molecule has 0 aliphatic carbocycles. The Bertz CT molecular complexity index is 369. The van der Waals surface area contributed by atoms with Crippen LogP contribution in [-0.2, 0) is 11.3 Å². The van der Waals surface area contributed by atoms with Gasteiger partial charge in [0.1, 0.15) is 0 Å². The van der Waals surface area contributed by atoms with Gasteiger partial charge in [-0.15, -0.1) is 0 Å². The second-order valence-electron chi connectivity index (χ2n) is 4.56. The molecule has 1 N–H and O–H groups in total. The highest BCUT2D eigenvalue weighted by atomic mass is 16.2. The molecule has 0 bridgehead atoms. The van der Waals surface area contributed by atoms with Gasteiger partial charge in [0.25, 0.3) is 0 Å². The number of amides is 1. The van der Waals surface area contributed by atoms with Crippen LogP contribution in [0.2, 0.25) is 0 Å². The monoisotopic (exact) mass is 252 g/mol. The summed E-state index contributed by atoms with van der Waals surface area (Å²) in [7, 11) is 0. The Morgan fingerprint density at radius 2 is 2.11 bits per heavy atom. The summed E-state index contributed by atoms with van der Waals surface area (Å²) in [5.74, 6) is 0.149. The second kappa shape index (κ2) is 7.16. The van der Waals surface area contributed by atoms with E-state index in [0.717, 1.165) is 18.8 Å². The highest BCUT2D eigenvalue weighted by molar-refractivity contribution is 5.78. The third-order valence-corrected chi connectivity index (χ3v) is 3.00. The summed E-state index contributed by atoms with van der Waals surface area (Å²) in [5, 5.41) is 3.18. The maximum Gasteiger partial charge on any atom is 0.236 e. The molecule has 0 unspecified atom stereocenters. The van der Waals surface area contributed by atoms with Crippen LogP contribution in [0.25, 0.3) is 0 Å². The summed E-state index contributed by atoms with van der Waals surface area (Å²) in [5.41, 5.74) is 1.11. The molecule has 5 heteroatoms. The number of aromatic nitrogens is 2. The molecule has 1 rings (SSSR count). The molecule has 5 nitrogen and oxygen atoms in total. The summed E-state index contributed by atoms with van der Waals surface area (Å²) in [6.45, 7) is 10.8. The number of imidazole rings is 1. The maximum absolute atomic E-state index is 11.8. The lowest BCUT2D eigenvalue weighted by Crippen LogP contribution is -2.37. The molecule has 1 amide bonds. The van der Waals surface area contributed by atoms with Crippen molar-refractivity contribution in [2.45, 2.75) is 40.3 Å². The zero-order valence-corrected chi connectivity index (χ0v) is 11.8. The van der Waals surface area contributed by atoms with Crippen LogP contribution in [0.3, 0.4) is 0 Å². The van der Waals surface area contributed by atoms with E-state index in [1.165, 1.54) is 0 Å². The molecule has 0 saturated heterocycles. The van der Waals surface area contributed by atoms with E-state index in [-0.39, 0.29) is 5.91 Å². The average molecular weight is 252 g/mol. The summed E-state index contributed by atoms with van der Waals surface area (Å²) < 4.78 is 2.11. The Kier molecular flexibility index (Phi) is 5.85.